The van der Waals surface area contributed by atoms with E-state index in [1.165, 1.54) is 5.01 Å². The van der Waals surface area contributed by atoms with Crippen molar-refractivity contribution in [3.63, 3.8) is 0 Å². The minimum absolute atomic E-state index is 0.118. The van der Waals surface area contributed by atoms with Crippen LogP contribution in [0.15, 0.2) is 47.6 Å². The molecule has 0 fully saturated rings. The number of nitrogens with one attached hydrogen (secondary N) is 1. The Morgan fingerprint density at radius 3 is 2.47 bits per heavy atom. The lowest BCUT2D eigenvalue weighted by Crippen LogP contribution is -2.40. The van der Waals surface area contributed by atoms with Gasteiger partial charge < -0.3 is 10.2 Å². The molecule has 156 valence electrons. The molecule has 30 heavy (non-hydrogen) atoms. The molecular formula is C23H26N4O3. The van der Waals surface area contributed by atoms with E-state index in [0.717, 1.165) is 16.7 Å². The van der Waals surface area contributed by atoms with Crippen molar-refractivity contribution in [2.75, 3.05) is 19.1 Å². The van der Waals surface area contributed by atoms with Crippen molar-refractivity contribution in [2.24, 2.45) is 5.10 Å². The highest BCUT2D eigenvalue weighted by molar-refractivity contribution is 6.40. The van der Waals surface area contributed by atoms with Crippen LogP contribution in [0.2, 0.25) is 0 Å². The molecule has 0 spiro atoms. The predicted molar refractivity (Wildman–Crippen MR) is 116 cm³/mol. The summed E-state index contributed by atoms with van der Waals surface area (Å²) in [5.74, 6) is -0.486. The van der Waals surface area contributed by atoms with Gasteiger partial charge in [-0.3, -0.25) is 14.4 Å². The summed E-state index contributed by atoms with van der Waals surface area (Å²) in [7, 11) is 3.29. The molecule has 0 saturated heterocycles. The lowest BCUT2D eigenvalue weighted by atomic mass is 10.1. The van der Waals surface area contributed by atoms with Crippen LogP contribution in [0.25, 0.3) is 0 Å². The molecule has 0 bridgehead atoms. The standard InChI is InChI=1S/C23H26N4O3/c1-15-5-6-16(2)20(13-15)27-21(28)12-11-19(25-27)23(30)26(4)14-17-7-9-18(10-8-17)22(29)24-3/h5-10,13H,11-12,14H2,1-4H3,(H,24,29). The minimum Gasteiger partial charge on any atom is -0.355 e. The van der Waals surface area contributed by atoms with E-state index in [9.17, 15) is 14.4 Å². The molecule has 0 saturated carbocycles. The number of amides is 3. The molecule has 0 aliphatic carbocycles. The van der Waals surface area contributed by atoms with Crippen LogP contribution in [0, 0.1) is 13.8 Å². The summed E-state index contributed by atoms with van der Waals surface area (Å²) >= 11 is 0. The third-order valence-electron chi connectivity index (χ3n) is 5.08. The molecule has 0 atom stereocenters. The third kappa shape index (κ3) is 4.56. The first-order valence-electron chi connectivity index (χ1n) is 9.84. The maximum absolute atomic E-state index is 13.0. The molecule has 0 radical (unpaired) electrons. The summed E-state index contributed by atoms with van der Waals surface area (Å²) in [6.45, 7) is 4.25. The van der Waals surface area contributed by atoms with E-state index in [0.29, 0.717) is 29.9 Å². The second kappa shape index (κ2) is 8.90. The van der Waals surface area contributed by atoms with Crippen LogP contribution in [0.3, 0.4) is 0 Å². The van der Waals surface area contributed by atoms with Crippen LogP contribution in [0.1, 0.15) is 39.9 Å². The van der Waals surface area contributed by atoms with E-state index in [-0.39, 0.29) is 24.1 Å². The summed E-state index contributed by atoms with van der Waals surface area (Å²) in [6.07, 6.45) is 0.561. The van der Waals surface area contributed by atoms with E-state index in [1.54, 1.807) is 31.1 Å². The first-order valence-corrected chi connectivity index (χ1v) is 9.84. The molecule has 1 aliphatic heterocycles. The molecule has 0 aromatic heterocycles. The SMILES string of the molecule is CNC(=O)c1ccc(CN(C)C(=O)C2=NN(c3cc(C)ccc3C)C(=O)CC2)cc1. The van der Waals surface area contributed by atoms with Crippen molar-refractivity contribution >= 4 is 29.1 Å². The van der Waals surface area contributed by atoms with Crippen molar-refractivity contribution in [2.45, 2.75) is 33.2 Å². The van der Waals surface area contributed by atoms with Crippen LogP contribution in [0.5, 0.6) is 0 Å². The Labute approximate surface area is 176 Å². The van der Waals surface area contributed by atoms with Gasteiger partial charge in [-0.1, -0.05) is 24.3 Å². The molecule has 0 unspecified atom stereocenters. The van der Waals surface area contributed by atoms with Gasteiger partial charge in [-0.15, -0.1) is 0 Å². The van der Waals surface area contributed by atoms with Gasteiger partial charge in [-0.05, 0) is 48.7 Å². The summed E-state index contributed by atoms with van der Waals surface area (Å²) in [4.78, 5) is 38.6. The number of anilines is 1. The van der Waals surface area contributed by atoms with Crippen molar-refractivity contribution in [1.82, 2.24) is 10.2 Å². The topological polar surface area (TPSA) is 82.1 Å². The highest BCUT2D eigenvalue weighted by Crippen LogP contribution is 2.25. The van der Waals surface area contributed by atoms with Gasteiger partial charge in [0.25, 0.3) is 11.8 Å². The smallest absolute Gasteiger partial charge is 0.270 e. The number of nitrogens with zero attached hydrogens (tertiary/aromatic N) is 3. The third-order valence-corrected chi connectivity index (χ3v) is 5.08. The Morgan fingerprint density at radius 2 is 1.80 bits per heavy atom. The fourth-order valence-corrected chi connectivity index (χ4v) is 3.32. The van der Waals surface area contributed by atoms with Crippen LogP contribution < -0.4 is 10.3 Å². The maximum atomic E-state index is 13.0. The van der Waals surface area contributed by atoms with Crippen LogP contribution in [0.4, 0.5) is 5.69 Å². The second-order valence-corrected chi connectivity index (χ2v) is 7.48. The lowest BCUT2D eigenvalue weighted by molar-refractivity contribution is -0.123. The number of aryl methyl sites for hydroxylation is 2. The van der Waals surface area contributed by atoms with E-state index in [2.05, 4.69) is 10.4 Å². The second-order valence-electron chi connectivity index (χ2n) is 7.48. The molecule has 1 aliphatic rings. The fourth-order valence-electron chi connectivity index (χ4n) is 3.32. The zero-order valence-electron chi connectivity index (χ0n) is 17.7. The zero-order valence-corrected chi connectivity index (χ0v) is 17.7. The van der Waals surface area contributed by atoms with Crippen LogP contribution in [-0.2, 0) is 16.1 Å². The first kappa shape index (κ1) is 21.2. The van der Waals surface area contributed by atoms with E-state index < -0.39 is 0 Å². The molecule has 2 aromatic carbocycles. The Hall–Kier alpha value is -3.48. The van der Waals surface area contributed by atoms with Gasteiger partial charge in [0.2, 0.25) is 5.91 Å². The molecule has 1 N–H and O–H groups in total. The van der Waals surface area contributed by atoms with Crippen molar-refractivity contribution in [3.8, 4) is 0 Å². The highest BCUT2D eigenvalue weighted by Gasteiger charge is 2.28. The largest absolute Gasteiger partial charge is 0.355 e. The average Bonchev–Trinajstić information content (AvgIpc) is 2.75. The Kier molecular flexibility index (Phi) is 6.30. The van der Waals surface area contributed by atoms with Gasteiger partial charge in [-0.25, -0.2) is 5.01 Å². The number of hydrogen-bond donors (Lipinski definition) is 1. The molecular weight excluding hydrogens is 380 g/mol. The monoisotopic (exact) mass is 406 g/mol. The number of hydrazone groups is 1. The molecule has 2 aromatic rings. The Morgan fingerprint density at radius 1 is 1.10 bits per heavy atom. The van der Waals surface area contributed by atoms with Gasteiger partial charge in [0.1, 0.15) is 5.71 Å². The summed E-state index contributed by atoms with van der Waals surface area (Å²) in [5.41, 5.74) is 4.48. The Bertz CT molecular complexity index is 1010. The molecule has 7 heteroatoms. The number of carbonyl (C=O) groups is 3. The fraction of sp³-hybridized carbons (Fsp3) is 0.304. The number of benzene rings is 2. The molecule has 7 nitrogen and oxygen atoms in total. The maximum Gasteiger partial charge on any atom is 0.270 e. The number of rotatable bonds is 5. The molecule has 1 heterocycles. The van der Waals surface area contributed by atoms with E-state index in [1.807, 2.05) is 44.2 Å². The van der Waals surface area contributed by atoms with Crippen LogP contribution in [-0.4, -0.2) is 42.4 Å². The van der Waals surface area contributed by atoms with Crippen molar-refractivity contribution in [1.29, 1.82) is 0 Å². The average molecular weight is 406 g/mol. The van der Waals surface area contributed by atoms with Crippen LogP contribution >= 0.6 is 0 Å². The normalized spacial score (nSPS) is 13.7. The first-order chi connectivity index (χ1) is 14.3. The number of hydrogen-bond acceptors (Lipinski definition) is 4. The zero-order chi connectivity index (χ0) is 21.8. The summed E-state index contributed by atoms with van der Waals surface area (Å²) < 4.78 is 0. The van der Waals surface area contributed by atoms with Gasteiger partial charge in [0, 0.05) is 39.0 Å². The molecule has 3 amide bonds. The highest BCUT2D eigenvalue weighted by atomic mass is 16.2. The van der Waals surface area contributed by atoms with Gasteiger partial charge in [-0.2, -0.15) is 5.10 Å². The lowest BCUT2D eigenvalue weighted by Gasteiger charge is -2.26. The van der Waals surface area contributed by atoms with Crippen molar-refractivity contribution in [3.05, 3.63) is 64.7 Å². The van der Waals surface area contributed by atoms with Gasteiger partial charge in [0.05, 0.1) is 5.69 Å². The van der Waals surface area contributed by atoms with E-state index in [4.69, 9.17) is 0 Å². The number of carbonyl (C=O) groups excluding carboxylic acids is 3. The quantitative estimate of drug-likeness (QED) is 0.829. The van der Waals surface area contributed by atoms with E-state index >= 15 is 0 Å². The predicted octanol–water partition coefficient (Wildman–Crippen LogP) is 2.80. The summed E-state index contributed by atoms with van der Waals surface area (Å²) in [5, 5.41) is 8.33. The van der Waals surface area contributed by atoms with Gasteiger partial charge >= 0.3 is 0 Å². The summed E-state index contributed by atoms with van der Waals surface area (Å²) in [6, 6.07) is 12.9. The van der Waals surface area contributed by atoms with Gasteiger partial charge in [0.15, 0.2) is 0 Å². The van der Waals surface area contributed by atoms with Crippen molar-refractivity contribution < 1.29 is 14.4 Å². The Balaban J connectivity index is 1.77. The minimum atomic E-state index is -0.215. The molecule has 3 rings (SSSR count).